The van der Waals surface area contributed by atoms with Crippen LogP contribution in [0.15, 0.2) is 23.7 Å². The Morgan fingerprint density at radius 3 is 3.07 bits per heavy atom. The van der Waals surface area contributed by atoms with E-state index in [1.165, 1.54) is 6.07 Å². The Morgan fingerprint density at radius 1 is 1.53 bits per heavy atom. The molecule has 2 rings (SSSR count). The van der Waals surface area contributed by atoms with E-state index in [9.17, 15) is 4.39 Å². The van der Waals surface area contributed by atoms with Crippen LogP contribution in [0.4, 0.5) is 10.2 Å². The van der Waals surface area contributed by atoms with E-state index in [-0.39, 0.29) is 11.6 Å². The Hall–Kier alpha value is -1.49. The smallest absolute Gasteiger partial charge is 0.165 e. The van der Waals surface area contributed by atoms with Gasteiger partial charge in [-0.3, -0.25) is 0 Å². The van der Waals surface area contributed by atoms with Gasteiger partial charge in [0.15, 0.2) is 11.6 Å². The van der Waals surface area contributed by atoms with E-state index in [4.69, 9.17) is 0 Å². The summed E-state index contributed by atoms with van der Waals surface area (Å²) in [5, 5.41) is 5.80. The Balaban J connectivity index is 2.02. The van der Waals surface area contributed by atoms with Gasteiger partial charge in [0.25, 0.3) is 0 Å². The monoisotopic (exact) mass is 223 g/mol. The normalized spacial score (nSPS) is 10.3. The van der Waals surface area contributed by atoms with E-state index in [0.29, 0.717) is 6.54 Å². The highest BCUT2D eigenvalue weighted by atomic mass is 32.1. The van der Waals surface area contributed by atoms with Gasteiger partial charge in [-0.15, -0.1) is 11.3 Å². The van der Waals surface area contributed by atoms with Crippen molar-refractivity contribution in [2.75, 3.05) is 5.32 Å². The molecule has 0 radical (unpaired) electrons. The van der Waals surface area contributed by atoms with Crippen molar-refractivity contribution in [3.63, 3.8) is 0 Å². The van der Waals surface area contributed by atoms with Crippen molar-refractivity contribution < 1.29 is 4.39 Å². The Kier molecular flexibility index (Phi) is 2.91. The third kappa shape index (κ3) is 2.50. The van der Waals surface area contributed by atoms with Crippen LogP contribution in [0.3, 0.4) is 0 Å². The van der Waals surface area contributed by atoms with Crippen molar-refractivity contribution in [2.45, 2.75) is 13.5 Å². The first-order chi connectivity index (χ1) is 7.25. The zero-order valence-electron chi connectivity index (χ0n) is 8.20. The maximum atomic E-state index is 13.2. The van der Waals surface area contributed by atoms with Crippen LogP contribution in [0.25, 0.3) is 0 Å². The Labute approximate surface area is 91.0 Å². The summed E-state index contributed by atoms with van der Waals surface area (Å²) in [5.74, 6) is -0.0730. The van der Waals surface area contributed by atoms with Crippen LogP contribution in [0.1, 0.15) is 10.7 Å². The lowest BCUT2D eigenvalue weighted by Gasteiger charge is -2.03. The van der Waals surface area contributed by atoms with E-state index >= 15 is 0 Å². The molecule has 2 aromatic heterocycles. The van der Waals surface area contributed by atoms with Crippen molar-refractivity contribution in [3.05, 3.63) is 40.2 Å². The predicted molar refractivity (Wildman–Crippen MR) is 58.4 cm³/mol. The molecule has 0 aliphatic heterocycles. The van der Waals surface area contributed by atoms with Gasteiger partial charge in [-0.1, -0.05) is 0 Å². The number of aromatic nitrogens is 2. The lowest BCUT2D eigenvalue weighted by molar-refractivity contribution is 0.624. The zero-order chi connectivity index (χ0) is 10.7. The third-order valence-electron chi connectivity index (χ3n) is 1.83. The first-order valence-corrected chi connectivity index (χ1v) is 5.39. The average molecular weight is 223 g/mol. The second-order valence-corrected chi connectivity index (χ2v) is 4.01. The zero-order valence-corrected chi connectivity index (χ0v) is 9.01. The molecule has 0 aromatic carbocycles. The number of thiazole rings is 1. The highest BCUT2D eigenvalue weighted by Gasteiger charge is 2.03. The van der Waals surface area contributed by atoms with Crippen LogP contribution in [-0.2, 0) is 6.54 Å². The molecule has 78 valence electrons. The Morgan fingerprint density at radius 2 is 2.40 bits per heavy atom. The molecule has 0 atom stereocenters. The molecule has 2 heterocycles. The number of nitrogens with one attached hydrogen (secondary N) is 1. The highest BCUT2D eigenvalue weighted by molar-refractivity contribution is 7.09. The molecule has 3 nitrogen and oxygen atoms in total. The summed E-state index contributed by atoms with van der Waals surface area (Å²) < 4.78 is 13.2. The SMILES string of the molecule is Cc1csc(CNc2ncccc2F)n1. The summed E-state index contributed by atoms with van der Waals surface area (Å²) in [4.78, 5) is 8.15. The van der Waals surface area contributed by atoms with Gasteiger partial charge in [-0.2, -0.15) is 0 Å². The number of hydrogen-bond donors (Lipinski definition) is 1. The second-order valence-electron chi connectivity index (χ2n) is 3.07. The van der Waals surface area contributed by atoms with Crippen molar-refractivity contribution in [2.24, 2.45) is 0 Å². The third-order valence-corrected chi connectivity index (χ3v) is 2.80. The lowest BCUT2D eigenvalue weighted by Crippen LogP contribution is -2.02. The van der Waals surface area contributed by atoms with Gasteiger partial charge in [-0.05, 0) is 19.1 Å². The van der Waals surface area contributed by atoms with Gasteiger partial charge in [0.2, 0.25) is 0 Å². The number of nitrogens with zero attached hydrogens (tertiary/aromatic N) is 2. The lowest BCUT2D eigenvalue weighted by atomic mass is 10.4. The maximum Gasteiger partial charge on any atom is 0.165 e. The fourth-order valence-electron chi connectivity index (χ4n) is 1.16. The molecule has 1 N–H and O–H groups in total. The minimum Gasteiger partial charge on any atom is -0.361 e. The largest absolute Gasteiger partial charge is 0.361 e. The van der Waals surface area contributed by atoms with Crippen LogP contribution in [-0.4, -0.2) is 9.97 Å². The maximum absolute atomic E-state index is 13.2. The predicted octanol–water partition coefficient (Wildman–Crippen LogP) is 2.60. The molecule has 5 heteroatoms. The van der Waals surface area contributed by atoms with Gasteiger partial charge in [-0.25, -0.2) is 14.4 Å². The fraction of sp³-hybridized carbons (Fsp3) is 0.200. The molecule has 0 saturated carbocycles. The second kappa shape index (κ2) is 4.35. The first kappa shape index (κ1) is 10.0. The molecule has 0 saturated heterocycles. The van der Waals surface area contributed by atoms with Crippen molar-refractivity contribution >= 4 is 17.2 Å². The van der Waals surface area contributed by atoms with Crippen LogP contribution in [0.5, 0.6) is 0 Å². The molecule has 0 fully saturated rings. The van der Waals surface area contributed by atoms with Gasteiger partial charge < -0.3 is 5.32 Å². The van der Waals surface area contributed by atoms with Crippen molar-refractivity contribution in [3.8, 4) is 0 Å². The molecule has 0 spiro atoms. The van der Waals surface area contributed by atoms with Crippen LogP contribution < -0.4 is 5.32 Å². The molecule has 0 amide bonds. The average Bonchev–Trinajstić information content (AvgIpc) is 2.63. The van der Waals surface area contributed by atoms with Gasteiger partial charge in [0, 0.05) is 17.3 Å². The summed E-state index contributed by atoms with van der Waals surface area (Å²) in [6, 6.07) is 2.94. The molecule has 0 aliphatic rings. The summed E-state index contributed by atoms with van der Waals surface area (Å²) in [6.45, 7) is 2.44. The number of halogens is 1. The van der Waals surface area contributed by atoms with Crippen molar-refractivity contribution in [1.29, 1.82) is 0 Å². The minimum atomic E-state index is -0.342. The van der Waals surface area contributed by atoms with Crippen LogP contribution >= 0.6 is 11.3 Å². The van der Waals surface area contributed by atoms with E-state index in [1.54, 1.807) is 23.6 Å². The molecule has 0 bridgehead atoms. The minimum absolute atomic E-state index is 0.269. The number of anilines is 1. The quantitative estimate of drug-likeness (QED) is 0.869. The van der Waals surface area contributed by atoms with E-state index in [1.807, 2.05) is 12.3 Å². The summed E-state index contributed by atoms with van der Waals surface area (Å²) in [7, 11) is 0. The molecule has 0 aliphatic carbocycles. The number of pyridine rings is 1. The van der Waals surface area contributed by atoms with E-state index in [0.717, 1.165) is 10.7 Å². The number of rotatable bonds is 3. The standard InChI is InChI=1S/C10H10FN3S/c1-7-6-15-9(14-7)5-13-10-8(11)3-2-4-12-10/h2-4,6H,5H2,1H3,(H,12,13). The summed E-state index contributed by atoms with van der Waals surface area (Å²) in [5.41, 5.74) is 0.985. The topological polar surface area (TPSA) is 37.8 Å². The van der Waals surface area contributed by atoms with Gasteiger partial charge >= 0.3 is 0 Å². The molecular weight excluding hydrogens is 213 g/mol. The van der Waals surface area contributed by atoms with E-state index in [2.05, 4.69) is 15.3 Å². The van der Waals surface area contributed by atoms with E-state index < -0.39 is 0 Å². The van der Waals surface area contributed by atoms with Crippen LogP contribution in [0.2, 0.25) is 0 Å². The molecule has 2 aromatic rings. The molecular formula is C10H10FN3S. The molecule has 15 heavy (non-hydrogen) atoms. The number of hydrogen-bond acceptors (Lipinski definition) is 4. The van der Waals surface area contributed by atoms with Gasteiger partial charge in [0.05, 0.1) is 6.54 Å². The first-order valence-electron chi connectivity index (χ1n) is 4.51. The summed E-state index contributed by atoms with van der Waals surface area (Å²) in [6.07, 6.45) is 1.55. The number of aryl methyl sites for hydroxylation is 1. The fourth-order valence-corrected chi connectivity index (χ4v) is 1.87. The Bertz CT molecular complexity index is 455. The summed E-state index contributed by atoms with van der Waals surface area (Å²) >= 11 is 1.55. The molecule has 0 unspecified atom stereocenters. The van der Waals surface area contributed by atoms with Gasteiger partial charge in [0.1, 0.15) is 5.01 Å². The van der Waals surface area contributed by atoms with Crippen LogP contribution in [0, 0.1) is 12.7 Å². The van der Waals surface area contributed by atoms with Crippen molar-refractivity contribution in [1.82, 2.24) is 9.97 Å². The highest BCUT2D eigenvalue weighted by Crippen LogP contribution is 2.13.